The second-order valence-corrected chi connectivity index (χ2v) is 6.46. The number of benzene rings is 1. The van der Waals surface area contributed by atoms with Gasteiger partial charge in [0.05, 0.1) is 11.0 Å². The fourth-order valence-corrected chi connectivity index (χ4v) is 2.70. The summed E-state index contributed by atoms with van der Waals surface area (Å²) in [5.74, 6) is -0.535. The van der Waals surface area contributed by atoms with Crippen LogP contribution in [0.15, 0.2) is 12.1 Å². The fourth-order valence-electron chi connectivity index (χ4n) is 2.70. The first-order valence-corrected chi connectivity index (χ1v) is 6.99. The number of nitrogens with zero attached hydrogens (tertiary/aromatic N) is 1. The third-order valence-corrected chi connectivity index (χ3v) is 4.17. The third kappa shape index (κ3) is 3.26. The zero-order valence-electron chi connectivity index (χ0n) is 12.2. The zero-order chi connectivity index (χ0) is 14.9. The highest BCUT2D eigenvalue weighted by molar-refractivity contribution is 5.63. The Kier molecular flexibility index (Phi) is 3.97. The molecule has 110 valence electrons. The highest BCUT2D eigenvalue weighted by Crippen LogP contribution is 2.37. The molecule has 1 aliphatic carbocycles. The molecule has 1 N–H and O–H groups in total. The van der Waals surface area contributed by atoms with Crippen LogP contribution < -0.4 is 5.32 Å². The van der Waals surface area contributed by atoms with Crippen molar-refractivity contribution in [3.05, 3.63) is 33.6 Å². The molecule has 1 aliphatic rings. The molecule has 0 bridgehead atoms. The molecule has 2 rings (SSSR count). The van der Waals surface area contributed by atoms with Gasteiger partial charge >= 0.3 is 0 Å². The van der Waals surface area contributed by atoms with E-state index in [0.29, 0.717) is 16.7 Å². The van der Waals surface area contributed by atoms with Gasteiger partial charge < -0.3 is 5.32 Å². The molecule has 0 atom stereocenters. The molecule has 0 spiro atoms. The van der Waals surface area contributed by atoms with Gasteiger partial charge in [-0.2, -0.15) is 0 Å². The summed E-state index contributed by atoms with van der Waals surface area (Å²) in [6, 6.07) is 2.77. The Morgan fingerprint density at radius 1 is 1.35 bits per heavy atom. The predicted octanol–water partition coefficient (Wildman–Crippen LogP) is 4.42. The van der Waals surface area contributed by atoms with Crippen LogP contribution in [0.1, 0.15) is 45.1 Å². The maximum absolute atomic E-state index is 13.5. The van der Waals surface area contributed by atoms with Gasteiger partial charge in [0, 0.05) is 6.04 Å². The van der Waals surface area contributed by atoms with Gasteiger partial charge in [-0.15, -0.1) is 0 Å². The average Bonchev–Trinajstić information content (AvgIpc) is 2.35. The molecule has 1 saturated carbocycles. The SMILES string of the molecule is Cc1cc(NC2CCC(C)(C)CC2)c([N+](=O)[O-])cc1F. The lowest BCUT2D eigenvalue weighted by Crippen LogP contribution is -2.30. The predicted molar refractivity (Wildman–Crippen MR) is 77.5 cm³/mol. The maximum atomic E-state index is 13.5. The van der Waals surface area contributed by atoms with E-state index in [4.69, 9.17) is 0 Å². The smallest absolute Gasteiger partial charge is 0.295 e. The number of nitro groups is 1. The normalized spacial score (nSPS) is 18.8. The second kappa shape index (κ2) is 5.38. The van der Waals surface area contributed by atoms with Crippen molar-refractivity contribution in [2.24, 2.45) is 5.41 Å². The monoisotopic (exact) mass is 280 g/mol. The van der Waals surface area contributed by atoms with Crippen LogP contribution in [0.4, 0.5) is 15.8 Å². The molecular weight excluding hydrogens is 259 g/mol. The first-order valence-electron chi connectivity index (χ1n) is 6.99. The molecule has 0 unspecified atom stereocenters. The van der Waals surface area contributed by atoms with Crippen LogP contribution in [-0.4, -0.2) is 11.0 Å². The van der Waals surface area contributed by atoms with Crippen molar-refractivity contribution >= 4 is 11.4 Å². The Bertz CT molecular complexity index is 519. The van der Waals surface area contributed by atoms with Crippen molar-refractivity contribution in [1.29, 1.82) is 0 Å². The van der Waals surface area contributed by atoms with Crippen LogP contribution in [0.25, 0.3) is 0 Å². The number of nitrogens with one attached hydrogen (secondary N) is 1. The fraction of sp³-hybridized carbons (Fsp3) is 0.600. The molecular formula is C15H21FN2O2. The summed E-state index contributed by atoms with van der Waals surface area (Å²) in [5, 5.41) is 14.3. The topological polar surface area (TPSA) is 55.2 Å². The van der Waals surface area contributed by atoms with Gasteiger partial charge in [0.2, 0.25) is 0 Å². The first-order chi connectivity index (χ1) is 9.28. The molecule has 0 heterocycles. The van der Waals surface area contributed by atoms with Crippen LogP contribution in [0.5, 0.6) is 0 Å². The Morgan fingerprint density at radius 2 is 1.95 bits per heavy atom. The Labute approximate surface area is 118 Å². The Morgan fingerprint density at radius 3 is 2.50 bits per heavy atom. The number of hydrogen-bond donors (Lipinski definition) is 1. The number of nitro benzene ring substituents is 1. The van der Waals surface area contributed by atoms with E-state index in [1.807, 2.05) is 0 Å². The van der Waals surface area contributed by atoms with E-state index >= 15 is 0 Å². The van der Waals surface area contributed by atoms with Crippen molar-refractivity contribution < 1.29 is 9.31 Å². The summed E-state index contributed by atoms with van der Waals surface area (Å²) in [7, 11) is 0. The van der Waals surface area contributed by atoms with Crippen LogP contribution in [0.2, 0.25) is 0 Å². The van der Waals surface area contributed by atoms with Gasteiger partial charge in [0.15, 0.2) is 0 Å². The van der Waals surface area contributed by atoms with E-state index in [1.165, 1.54) is 6.07 Å². The minimum absolute atomic E-state index is 0.182. The molecule has 4 nitrogen and oxygen atoms in total. The van der Waals surface area contributed by atoms with Gasteiger partial charge in [-0.25, -0.2) is 4.39 Å². The van der Waals surface area contributed by atoms with E-state index in [1.54, 1.807) is 6.92 Å². The van der Waals surface area contributed by atoms with Gasteiger partial charge in [-0.3, -0.25) is 10.1 Å². The van der Waals surface area contributed by atoms with Gasteiger partial charge in [-0.1, -0.05) is 13.8 Å². The molecule has 1 aromatic rings. The van der Waals surface area contributed by atoms with E-state index in [0.717, 1.165) is 31.7 Å². The molecule has 1 fully saturated rings. The van der Waals surface area contributed by atoms with E-state index in [-0.39, 0.29) is 11.7 Å². The number of anilines is 1. The van der Waals surface area contributed by atoms with Crippen LogP contribution in [0.3, 0.4) is 0 Å². The number of hydrogen-bond acceptors (Lipinski definition) is 3. The van der Waals surface area contributed by atoms with Crippen molar-refractivity contribution in [2.45, 2.75) is 52.5 Å². The van der Waals surface area contributed by atoms with Gasteiger partial charge in [0.1, 0.15) is 11.5 Å². The molecule has 1 aromatic carbocycles. The summed E-state index contributed by atoms with van der Waals surface area (Å²) < 4.78 is 13.5. The van der Waals surface area contributed by atoms with Crippen LogP contribution in [-0.2, 0) is 0 Å². The Hall–Kier alpha value is -1.65. The molecule has 0 aliphatic heterocycles. The van der Waals surface area contributed by atoms with Crippen molar-refractivity contribution in [1.82, 2.24) is 0 Å². The van der Waals surface area contributed by atoms with E-state index in [9.17, 15) is 14.5 Å². The number of rotatable bonds is 3. The van der Waals surface area contributed by atoms with Crippen molar-refractivity contribution in [3.63, 3.8) is 0 Å². The lowest BCUT2D eigenvalue weighted by atomic mass is 9.75. The summed E-state index contributed by atoms with van der Waals surface area (Å²) in [6.07, 6.45) is 4.17. The Balaban J connectivity index is 2.17. The molecule has 0 aromatic heterocycles. The lowest BCUT2D eigenvalue weighted by molar-refractivity contribution is -0.384. The van der Waals surface area contributed by atoms with Crippen molar-refractivity contribution in [2.75, 3.05) is 5.32 Å². The molecule has 0 radical (unpaired) electrons. The largest absolute Gasteiger partial charge is 0.377 e. The summed E-state index contributed by atoms with van der Waals surface area (Å²) in [5.41, 5.74) is 1.02. The third-order valence-electron chi connectivity index (χ3n) is 4.17. The highest BCUT2D eigenvalue weighted by atomic mass is 19.1. The molecule has 5 heteroatoms. The molecule has 0 amide bonds. The van der Waals surface area contributed by atoms with Crippen LogP contribution in [0, 0.1) is 28.3 Å². The van der Waals surface area contributed by atoms with Crippen molar-refractivity contribution in [3.8, 4) is 0 Å². The highest BCUT2D eigenvalue weighted by Gasteiger charge is 2.28. The van der Waals surface area contributed by atoms with Crippen LogP contribution >= 0.6 is 0 Å². The van der Waals surface area contributed by atoms with Gasteiger partial charge in [0.25, 0.3) is 5.69 Å². The summed E-state index contributed by atoms with van der Waals surface area (Å²) in [4.78, 5) is 10.5. The standard InChI is InChI=1S/C15H21FN2O2/c1-10-8-13(14(18(19)20)9-12(10)16)17-11-4-6-15(2,3)7-5-11/h8-9,11,17H,4-7H2,1-3H3. The second-order valence-electron chi connectivity index (χ2n) is 6.46. The zero-order valence-corrected chi connectivity index (χ0v) is 12.2. The minimum Gasteiger partial charge on any atom is -0.377 e. The quantitative estimate of drug-likeness (QED) is 0.658. The van der Waals surface area contributed by atoms with E-state index < -0.39 is 10.7 Å². The first kappa shape index (κ1) is 14.8. The van der Waals surface area contributed by atoms with Gasteiger partial charge in [-0.05, 0) is 49.7 Å². The lowest BCUT2D eigenvalue weighted by Gasteiger charge is -2.35. The minimum atomic E-state index is -0.535. The molecule has 0 saturated heterocycles. The maximum Gasteiger partial charge on any atom is 0.295 e. The molecule has 20 heavy (non-hydrogen) atoms. The summed E-state index contributed by atoms with van der Waals surface area (Å²) in [6.45, 7) is 6.11. The summed E-state index contributed by atoms with van der Waals surface area (Å²) >= 11 is 0. The average molecular weight is 280 g/mol. The van der Waals surface area contributed by atoms with E-state index in [2.05, 4.69) is 19.2 Å². The number of halogens is 1. The number of aryl methyl sites for hydroxylation is 1.